The fourth-order valence-corrected chi connectivity index (χ4v) is 5.23. The monoisotopic (exact) mass is 425 g/mol. The molecule has 1 aromatic heterocycles. The number of aromatic nitrogens is 1. The molecule has 164 valence electrons. The van der Waals surface area contributed by atoms with Crippen molar-refractivity contribution < 1.29 is 14.3 Å². The minimum atomic E-state index is -0.532. The first-order valence-electron chi connectivity index (χ1n) is 10.8. The number of carbonyl (C=O) groups is 1. The summed E-state index contributed by atoms with van der Waals surface area (Å²) in [5.74, 6) is -0.932. The number of aliphatic hydroxyl groups excluding tert-OH is 1. The minimum Gasteiger partial charge on any atom is -0.396 e. The molecule has 1 saturated heterocycles. The lowest BCUT2D eigenvalue weighted by atomic mass is 9.88. The molecule has 0 radical (unpaired) electrons. The Balaban J connectivity index is 1.62. The van der Waals surface area contributed by atoms with Gasteiger partial charge >= 0.3 is 0 Å². The van der Waals surface area contributed by atoms with E-state index in [-0.39, 0.29) is 48.3 Å². The molecule has 31 heavy (non-hydrogen) atoms. The number of carbonyl (C=O) groups excluding carboxylic acids is 1. The standard InChI is InChI=1S/C24H28FN3O3/c1-3-7-15-10-11-20-21-17(13-28(20)24(15)31)18(14-29)22(27(21)4-2)23(30)26-12-16-8-5-6-9-19(16)25/h3,5-11,17-18,21-22,29H,4,12-14H2,1-2H3,(H,26,30)/b7-3-/t17-,18-,21+,22-/m1/s1. The van der Waals surface area contributed by atoms with Crippen LogP contribution in [-0.2, 0) is 17.9 Å². The minimum absolute atomic E-state index is 0.0392. The second-order valence-corrected chi connectivity index (χ2v) is 8.17. The first kappa shape index (κ1) is 21.5. The second kappa shape index (κ2) is 8.77. The summed E-state index contributed by atoms with van der Waals surface area (Å²) in [7, 11) is 0. The molecule has 1 amide bonds. The fourth-order valence-electron chi connectivity index (χ4n) is 5.23. The van der Waals surface area contributed by atoms with Gasteiger partial charge in [-0.2, -0.15) is 0 Å². The average molecular weight is 426 g/mol. The molecule has 0 saturated carbocycles. The van der Waals surface area contributed by atoms with E-state index >= 15 is 0 Å². The molecule has 2 aliphatic heterocycles. The number of aliphatic hydroxyl groups is 1. The summed E-state index contributed by atoms with van der Waals surface area (Å²) in [4.78, 5) is 28.1. The molecule has 2 aliphatic rings. The van der Waals surface area contributed by atoms with Gasteiger partial charge in [-0.25, -0.2) is 4.39 Å². The predicted molar refractivity (Wildman–Crippen MR) is 117 cm³/mol. The Hall–Kier alpha value is -2.77. The first-order chi connectivity index (χ1) is 15.0. The van der Waals surface area contributed by atoms with Crippen LogP contribution in [0.3, 0.4) is 0 Å². The maximum Gasteiger partial charge on any atom is 0.258 e. The van der Waals surface area contributed by atoms with Crippen LogP contribution in [0.2, 0.25) is 0 Å². The average Bonchev–Trinajstić information content (AvgIpc) is 3.29. The Bertz CT molecular complexity index is 1060. The lowest BCUT2D eigenvalue weighted by molar-refractivity contribution is -0.127. The van der Waals surface area contributed by atoms with Crippen molar-refractivity contribution in [1.29, 1.82) is 0 Å². The number of rotatable bonds is 6. The number of hydrogen-bond acceptors (Lipinski definition) is 4. The summed E-state index contributed by atoms with van der Waals surface area (Å²) in [6.07, 6.45) is 3.63. The fraction of sp³-hybridized carbons (Fsp3) is 0.417. The van der Waals surface area contributed by atoms with Gasteiger partial charge in [-0.05, 0) is 31.7 Å². The van der Waals surface area contributed by atoms with E-state index in [0.717, 1.165) is 5.69 Å². The lowest BCUT2D eigenvalue weighted by Gasteiger charge is -2.29. The third-order valence-electron chi connectivity index (χ3n) is 6.61. The van der Waals surface area contributed by atoms with Gasteiger partial charge in [0, 0.05) is 48.4 Å². The molecular formula is C24H28FN3O3. The van der Waals surface area contributed by atoms with Crippen molar-refractivity contribution in [2.45, 2.75) is 39.0 Å². The largest absolute Gasteiger partial charge is 0.396 e. The summed E-state index contributed by atoms with van der Waals surface area (Å²) < 4.78 is 15.7. The van der Waals surface area contributed by atoms with Crippen molar-refractivity contribution in [3.63, 3.8) is 0 Å². The zero-order valence-electron chi connectivity index (χ0n) is 17.8. The van der Waals surface area contributed by atoms with E-state index in [1.165, 1.54) is 6.07 Å². The predicted octanol–water partition coefficient (Wildman–Crippen LogP) is 2.32. The Morgan fingerprint density at radius 2 is 2.06 bits per heavy atom. The SMILES string of the molecule is C/C=C\c1ccc2n(c1=O)C[C@@H]1[C@@H](CO)[C@H](C(=O)NCc3ccccc3F)N(CC)[C@H]21. The van der Waals surface area contributed by atoms with Crippen LogP contribution in [-0.4, -0.2) is 39.7 Å². The van der Waals surface area contributed by atoms with Gasteiger partial charge in [0.2, 0.25) is 5.91 Å². The molecule has 1 fully saturated rings. The molecule has 2 aromatic rings. The molecule has 4 rings (SSSR count). The maximum absolute atomic E-state index is 13.9. The summed E-state index contributed by atoms with van der Waals surface area (Å²) >= 11 is 0. The van der Waals surface area contributed by atoms with E-state index in [2.05, 4.69) is 10.2 Å². The smallest absolute Gasteiger partial charge is 0.258 e. The van der Waals surface area contributed by atoms with Gasteiger partial charge in [0.1, 0.15) is 5.82 Å². The number of nitrogens with one attached hydrogen (secondary N) is 1. The summed E-state index contributed by atoms with van der Waals surface area (Å²) in [5, 5.41) is 13.0. The summed E-state index contributed by atoms with van der Waals surface area (Å²) in [6, 6.07) is 9.49. The van der Waals surface area contributed by atoms with Crippen molar-refractivity contribution in [1.82, 2.24) is 14.8 Å². The molecule has 6 nitrogen and oxygen atoms in total. The number of likely N-dealkylation sites (N-methyl/N-ethyl adjacent to an activating group) is 1. The van der Waals surface area contributed by atoms with Gasteiger partial charge in [0.05, 0.1) is 12.1 Å². The highest BCUT2D eigenvalue weighted by Crippen LogP contribution is 2.48. The van der Waals surface area contributed by atoms with Crippen molar-refractivity contribution >= 4 is 12.0 Å². The van der Waals surface area contributed by atoms with Crippen LogP contribution in [0.25, 0.3) is 6.08 Å². The molecule has 7 heteroatoms. The van der Waals surface area contributed by atoms with Crippen LogP contribution in [0.5, 0.6) is 0 Å². The van der Waals surface area contributed by atoms with E-state index in [4.69, 9.17) is 0 Å². The second-order valence-electron chi connectivity index (χ2n) is 8.17. The van der Waals surface area contributed by atoms with Gasteiger partial charge in [-0.1, -0.05) is 37.3 Å². The Morgan fingerprint density at radius 3 is 2.74 bits per heavy atom. The molecule has 4 atom stereocenters. The molecular weight excluding hydrogens is 397 g/mol. The number of hydrogen-bond donors (Lipinski definition) is 2. The summed E-state index contributed by atoms with van der Waals surface area (Å²) in [6.45, 7) is 4.86. The normalized spacial score (nSPS) is 25.0. The highest BCUT2D eigenvalue weighted by molar-refractivity contribution is 5.82. The maximum atomic E-state index is 13.9. The van der Waals surface area contributed by atoms with E-state index < -0.39 is 6.04 Å². The van der Waals surface area contributed by atoms with Gasteiger partial charge < -0.3 is 15.0 Å². The van der Waals surface area contributed by atoms with Crippen LogP contribution < -0.4 is 10.9 Å². The first-order valence-corrected chi connectivity index (χ1v) is 10.8. The highest BCUT2D eigenvalue weighted by Gasteiger charge is 2.54. The zero-order valence-corrected chi connectivity index (χ0v) is 17.8. The topological polar surface area (TPSA) is 74.6 Å². The number of halogens is 1. The molecule has 1 aromatic carbocycles. The Morgan fingerprint density at radius 1 is 1.29 bits per heavy atom. The molecule has 3 heterocycles. The summed E-state index contributed by atoms with van der Waals surface area (Å²) in [5.41, 5.74) is 1.89. The third kappa shape index (κ3) is 3.62. The number of benzene rings is 1. The van der Waals surface area contributed by atoms with Gasteiger partial charge in [-0.3, -0.25) is 14.5 Å². The number of allylic oxidation sites excluding steroid dienone is 1. The Labute approximate surface area is 181 Å². The van der Waals surface area contributed by atoms with Crippen molar-refractivity contribution in [3.05, 3.63) is 75.5 Å². The zero-order chi connectivity index (χ0) is 22.1. The van der Waals surface area contributed by atoms with Crippen LogP contribution >= 0.6 is 0 Å². The van der Waals surface area contributed by atoms with Gasteiger partial charge in [0.25, 0.3) is 5.56 Å². The van der Waals surface area contributed by atoms with Gasteiger partial charge in [0.15, 0.2) is 0 Å². The van der Waals surface area contributed by atoms with Gasteiger partial charge in [-0.15, -0.1) is 0 Å². The number of pyridine rings is 1. The number of nitrogens with zero attached hydrogens (tertiary/aromatic N) is 2. The van der Waals surface area contributed by atoms with E-state index in [1.807, 2.05) is 32.1 Å². The molecule has 0 unspecified atom stereocenters. The van der Waals surface area contributed by atoms with E-state index in [9.17, 15) is 19.1 Å². The molecule has 0 aliphatic carbocycles. The molecule has 0 spiro atoms. The number of fused-ring (bicyclic) bond motifs is 3. The van der Waals surface area contributed by atoms with Crippen LogP contribution in [0, 0.1) is 17.7 Å². The quantitative estimate of drug-likeness (QED) is 0.745. The van der Waals surface area contributed by atoms with Crippen LogP contribution in [0.15, 0.2) is 47.3 Å². The molecule has 0 bridgehead atoms. The lowest BCUT2D eigenvalue weighted by Crippen LogP contribution is -2.48. The van der Waals surface area contributed by atoms with E-state index in [1.54, 1.807) is 28.8 Å². The third-order valence-corrected chi connectivity index (χ3v) is 6.61. The Kier molecular flexibility index (Phi) is 6.07. The number of likely N-dealkylation sites (tertiary alicyclic amines) is 1. The van der Waals surface area contributed by atoms with Crippen LogP contribution in [0.1, 0.15) is 36.7 Å². The van der Waals surface area contributed by atoms with Crippen molar-refractivity contribution in [3.8, 4) is 0 Å². The van der Waals surface area contributed by atoms with E-state index in [0.29, 0.717) is 24.2 Å². The van der Waals surface area contributed by atoms with Crippen LogP contribution in [0.4, 0.5) is 4.39 Å². The number of amides is 1. The molecule has 2 N–H and O–H groups in total. The highest BCUT2D eigenvalue weighted by atomic mass is 19.1. The van der Waals surface area contributed by atoms with Crippen molar-refractivity contribution in [2.75, 3.05) is 13.2 Å². The van der Waals surface area contributed by atoms with Crippen molar-refractivity contribution in [2.24, 2.45) is 11.8 Å².